The van der Waals surface area contributed by atoms with E-state index in [0.29, 0.717) is 0 Å². The molecule has 0 N–H and O–H groups in total. The minimum Gasteiger partial charge on any atom is -0.306 e. The Bertz CT molecular complexity index is 322. The fraction of sp³-hybridized carbons (Fsp3) is 0.600. The highest BCUT2D eigenvalue weighted by Gasteiger charge is 2.31. The number of hydrogen-bond donors (Lipinski definition) is 0. The highest BCUT2D eigenvalue weighted by Crippen LogP contribution is 2.35. The number of carbonyl (C=O) groups excluding carboxylic acids is 2. The van der Waals surface area contributed by atoms with Crippen LogP contribution in [0.1, 0.15) is 32.6 Å². The van der Waals surface area contributed by atoms with Crippen LogP contribution >= 0.6 is 11.8 Å². The number of nitrogens with zero attached hydrogens (tertiary/aromatic N) is 1. The van der Waals surface area contributed by atoms with Gasteiger partial charge in [-0.05, 0) is 43.5 Å². The van der Waals surface area contributed by atoms with E-state index in [4.69, 9.17) is 0 Å². The fourth-order valence-electron chi connectivity index (χ4n) is 1.84. The largest absolute Gasteiger partial charge is 0.306 e. The Labute approximate surface area is 87.5 Å². The van der Waals surface area contributed by atoms with E-state index in [1.807, 2.05) is 6.92 Å². The van der Waals surface area contributed by atoms with E-state index in [9.17, 15) is 9.59 Å². The van der Waals surface area contributed by atoms with Crippen LogP contribution in [-0.4, -0.2) is 22.5 Å². The van der Waals surface area contributed by atoms with Crippen molar-refractivity contribution in [3.63, 3.8) is 0 Å². The molecule has 0 radical (unpaired) electrons. The van der Waals surface area contributed by atoms with Crippen LogP contribution in [0.5, 0.6) is 0 Å². The highest BCUT2D eigenvalue weighted by atomic mass is 32.2. The second-order valence-corrected chi connectivity index (χ2v) is 4.78. The lowest BCUT2D eigenvalue weighted by Crippen LogP contribution is -2.35. The minimum atomic E-state index is -0.0231. The molecule has 0 saturated carbocycles. The standard InChI is InChI=1S/C10H13NO2S/c1-7-4-2-3-5-11-8(12)6-9(13)14-10(7)11/h2-6H2,1H3. The van der Waals surface area contributed by atoms with Crippen LogP contribution in [-0.2, 0) is 9.59 Å². The second-order valence-electron chi connectivity index (χ2n) is 3.74. The van der Waals surface area contributed by atoms with Gasteiger partial charge in [0.2, 0.25) is 11.0 Å². The fourth-order valence-corrected chi connectivity index (χ4v) is 2.83. The quantitative estimate of drug-likeness (QED) is 0.574. The average molecular weight is 211 g/mol. The van der Waals surface area contributed by atoms with E-state index < -0.39 is 0 Å². The van der Waals surface area contributed by atoms with Crippen LogP contribution in [0.4, 0.5) is 0 Å². The Balaban J connectivity index is 2.33. The van der Waals surface area contributed by atoms with Gasteiger partial charge >= 0.3 is 0 Å². The van der Waals surface area contributed by atoms with E-state index in [-0.39, 0.29) is 17.4 Å². The summed E-state index contributed by atoms with van der Waals surface area (Å²) in [5.74, 6) is -0.0231. The van der Waals surface area contributed by atoms with Crippen molar-refractivity contribution in [1.29, 1.82) is 0 Å². The molecule has 2 heterocycles. The minimum absolute atomic E-state index is 0.0116. The van der Waals surface area contributed by atoms with Crippen LogP contribution < -0.4 is 0 Å². The Hall–Kier alpha value is -0.770. The van der Waals surface area contributed by atoms with Crippen molar-refractivity contribution in [2.75, 3.05) is 6.54 Å². The number of allylic oxidation sites excluding steroid dienone is 1. The zero-order valence-corrected chi connectivity index (χ0v) is 9.02. The lowest BCUT2D eigenvalue weighted by atomic mass is 10.2. The van der Waals surface area contributed by atoms with Crippen LogP contribution in [0.25, 0.3) is 0 Å². The normalized spacial score (nSPS) is 23.6. The van der Waals surface area contributed by atoms with E-state index in [2.05, 4.69) is 0 Å². The van der Waals surface area contributed by atoms with Crippen molar-refractivity contribution in [3.8, 4) is 0 Å². The number of thioether (sulfide) groups is 1. The van der Waals surface area contributed by atoms with Crippen LogP contribution in [0.2, 0.25) is 0 Å². The van der Waals surface area contributed by atoms with Crippen molar-refractivity contribution in [1.82, 2.24) is 4.90 Å². The maximum absolute atomic E-state index is 11.6. The first-order valence-electron chi connectivity index (χ1n) is 4.89. The van der Waals surface area contributed by atoms with Crippen LogP contribution in [0, 0.1) is 0 Å². The van der Waals surface area contributed by atoms with Gasteiger partial charge in [-0.25, -0.2) is 0 Å². The van der Waals surface area contributed by atoms with Gasteiger partial charge in [0, 0.05) is 6.54 Å². The van der Waals surface area contributed by atoms with Crippen molar-refractivity contribution in [2.24, 2.45) is 0 Å². The summed E-state index contributed by atoms with van der Waals surface area (Å²) in [6.45, 7) is 2.80. The van der Waals surface area contributed by atoms with E-state index in [1.54, 1.807) is 4.90 Å². The molecule has 1 fully saturated rings. The Kier molecular flexibility index (Phi) is 2.63. The van der Waals surface area contributed by atoms with Gasteiger partial charge in [-0.1, -0.05) is 0 Å². The third kappa shape index (κ3) is 1.71. The average Bonchev–Trinajstić information content (AvgIpc) is 2.29. The van der Waals surface area contributed by atoms with E-state index >= 15 is 0 Å². The van der Waals surface area contributed by atoms with Crippen molar-refractivity contribution in [3.05, 3.63) is 10.6 Å². The maximum Gasteiger partial charge on any atom is 0.235 e. The van der Waals surface area contributed by atoms with E-state index in [1.165, 1.54) is 17.3 Å². The third-order valence-electron chi connectivity index (χ3n) is 2.60. The molecule has 4 heteroatoms. The molecule has 0 atom stereocenters. The second kappa shape index (κ2) is 3.77. The Morgan fingerprint density at radius 1 is 1.29 bits per heavy atom. The summed E-state index contributed by atoms with van der Waals surface area (Å²) in [4.78, 5) is 24.6. The number of amides is 1. The van der Waals surface area contributed by atoms with Gasteiger partial charge in [-0.15, -0.1) is 0 Å². The van der Waals surface area contributed by atoms with Gasteiger partial charge in [0.1, 0.15) is 0 Å². The molecule has 76 valence electrons. The van der Waals surface area contributed by atoms with Gasteiger partial charge in [0.15, 0.2) is 0 Å². The molecule has 1 amide bonds. The smallest absolute Gasteiger partial charge is 0.235 e. The maximum atomic E-state index is 11.6. The lowest BCUT2D eigenvalue weighted by molar-refractivity contribution is -0.132. The van der Waals surface area contributed by atoms with Crippen LogP contribution in [0.15, 0.2) is 10.6 Å². The molecule has 2 rings (SSSR count). The summed E-state index contributed by atoms with van der Waals surface area (Å²) < 4.78 is 0. The molecule has 14 heavy (non-hydrogen) atoms. The molecule has 0 aromatic heterocycles. The molecule has 0 aliphatic carbocycles. The molecule has 0 aromatic rings. The summed E-state index contributed by atoms with van der Waals surface area (Å²) in [6, 6.07) is 0. The van der Waals surface area contributed by atoms with Gasteiger partial charge in [-0.2, -0.15) is 0 Å². The molecule has 0 bridgehead atoms. The van der Waals surface area contributed by atoms with Gasteiger partial charge < -0.3 is 4.90 Å². The number of hydrogen-bond acceptors (Lipinski definition) is 3. The van der Waals surface area contributed by atoms with Gasteiger partial charge in [0.25, 0.3) is 0 Å². The molecular formula is C10H13NO2S. The first-order chi connectivity index (χ1) is 6.68. The zero-order valence-electron chi connectivity index (χ0n) is 8.21. The Morgan fingerprint density at radius 3 is 2.86 bits per heavy atom. The predicted molar refractivity (Wildman–Crippen MR) is 55.5 cm³/mol. The molecule has 0 spiro atoms. The summed E-state index contributed by atoms with van der Waals surface area (Å²) in [5, 5.41) is 0.895. The molecule has 2 aliphatic heterocycles. The number of fused-ring (bicyclic) bond motifs is 1. The zero-order chi connectivity index (χ0) is 10.1. The van der Waals surface area contributed by atoms with Gasteiger partial charge in [-0.3, -0.25) is 9.59 Å². The topological polar surface area (TPSA) is 37.4 Å². The SMILES string of the molecule is CC1=C2SC(=O)CC(=O)N2CCCC1. The lowest BCUT2D eigenvalue weighted by Gasteiger charge is -2.27. The van der Waals surface area contributed by atoms with Crippen molar-refractivity contribution < 1.29 is 9.59 Å². The molecule has 0 aromatic carbocycles. The monoisotopic (exact) mass is 211 g/mol. The third-order valence-corrected chi connectivity index (χ3v) is 3.74. The number of carbonyl (C=O) groups is 2. The van der Waals surface area contributed by atoms with E-state index in [0.717, 1.165) is 30.8 Å². The molecule has 1 saturated heterocycles. The summed E-state index contributed by atoms with van der Waals surface area (Å²) in [6.07, 6.45) is 3.25. The van der Waals surface area contributed by atoms with Gasteiger partial charge in [0.05, 0.1) is 11.4 Å². The summed E-state index contributed by atoms with van der Waals surface area (Å²) in [5.41, 5.74) is 1.19. The number of rotatable bonds is 0. The molecule has 2 aliphatic rings. The molecular weight excluding hydrogens is 198 g/mol. The first-order valence-corrected chi connectivity index (χ1v) is 5.71. The highest BCUT2D eigenvalue weighted by molar-refractivity contribution is 8.17. The first kappa shape index (κ1) is 9.77. The Morgan fingerprint density at radius 2 is 2.07 bits per heavy atom. The van der Waals surface area contributed by atoms with Crippen molar-refractivity contribution >= 4 is 22.8 Å². The predicted octanol–water partition coefficient (Wildman–Crippen LogP) is 1.89. The van der Waals surface area contributed by atoms with Crippen molar-refractivity contribution in [2.45, 2.75) is 32.6 Å². The summed E-state index contributed by atoms with van der Waals surface area (Å²) in [7, 11) is 0. The summed E-state index contributed by atoms with van der Waals surface area (Å²) >= 11 is 1.24. The molecule has 3 nitrogen and oxygen atoms in total. The molecule has 0 unspecified atom stereocenters. The van der Waals surface area contributed by atoms with Crippen LogP contribution in [0.3, 0.4) is 0 Å².